The Morgan fingerprint density at radius 2 is 1.88 bits per heavy atom. The molecule has 3 aromatic carbocycles. The highest BCUT2D eigenvalue weighted by atomic mass is 16.5. The largest absolute Gasteiger partial charge is 0.496 e. The van der Waals surface area contributed by atoms with Gasteiger partial charge in [0, 0.05) is 11.6 Å². The van der Waals surface area contributed by atoms with E-state index < -0.39 is 5.97 Å². The maximum Gasteiger partial charge on any atom is 0.335 e. The fourth-order valence-electron chi connectivity index (χ4n) is 3.99. The average Bonchev–Trinajstić information content (AvgIpc) is 3.10. The van der Waals surface area contributed by atoms with Gasteiger partial charge in [-0.05, 0) is 73.9 Å². The van der Waals surface area contributed by atoms with E-state index in [-0.39, 0.29) is 5.56 Å². The number of carboxylic acid groups (broad SMARTS) is 1. The van der Waals surface area contributed by atoms with Gasteiger partial charge >= 0.3 is 5.97 Å². The van der Waals surface area contributed by atoms with E-state index in [4.69, 9.17) is 14.5 Å². The normalized spacial score (nSPS) is 11.0. The highest BCUT2D eigenvalue weighted by Crippen LogP contribution is 2.31. The number of aryl methyl sites for hydroxylation is 2. The van der Waals surface area contributed by atoms with E-state index in [1.165, 1.54) is 0 Å². The Morgan fingerprint density at radius 3 is 2.59 bits per heavy atom. The lowest BCUT2D eigenvalue weighted by atomic mass is 10.0. The molecule has 0 spiro atoms. The third kappa shape index (κ3) is 4.04. The lowest BCUT2D eigenvalue weighted by Crippen LogP contribution is -2.04. The summed E-state index contributed by atoms with van der Waals surface area (Å²) in [5.41, 5.74) is 6.08. The topological polar surface area (TPSA) is 73.6 Å². The maximum absolute atomic E-state index is 11.4. The molecule has 164 valence electrons. The van der Waals surface area contributed by atoms with Crippen molar-refractivity contribution in [1.29, 1.82) is 0 Å². The van der Waals surface area contributed by atoms with Gasteiger partial charge in [0.05, 0.1) is 36.9 Å². The molecule has 1 N–H and O–H groups in total. The molecule has 6 nitrogen and oxygen atoms in total. The highest BCUT2D eigenvalue weighted by molar-refractivity contribution is 5.91. The van der Waals surface area contributed by atoms with E-state index in [1.54, 1.807) is 25.3 Å². The Bertz CT molecular complexity index is 1310. The van der Waals surface area contributed by atoms with Crippen LogP contribution in [0.15, 0.2) is 54.6 Å². The molecule has 0 fully saturated rings. The number of aromatic nitrogens is 2. The number of methoxy groups -OCH3 is 1. The second-order valence-electron chi connectivity index (χ2n) is 7.70. The van der Waals surface area contributed by atoms with Crippen molar-refractivity contribution in [1.82, 2.24) is 9.55 Å². The fourth-order valence-corrected chi connectivity index (χ4v) is 3.99. The first-order valence-corrected chi connectivity index (χ1v) is 10.5. The summed E-state index contributed by atoms with van der Waals surface area (Å²) in [6.45, 7) is 7.16. The highest BCUT2D eigenvalue weighted by Gasteiger charge is 2.15. The molecule has 6 heteroatoms. The van der Waals surface area contributed by atoms with Crippen LogP contribution in [0.4, 0.5) is 0 Å². The summed E-state index contributed by atoms with van der Waals surface area (Å²) >= 11 is 0. The first-order chi connectivity index (χ1) is 15.4. The monoisotopic (exact) mass is 430 g/mol. The lowest BCUT2D eigenvalue weighted by molar-refractivity contribution is 0.0697. The lowest BCUT2D eigenvalue weighted by Gasteiger charge is -2.14. The van der Waals surface area contributed by atoms with Crippen LogP contribution in [-0.2, 0) is 6.54 Å². The SMILES string of the molecule is CCOc1ccc(Cn2c(C)nc3c(C)cc(-c4cccc(C(=O)O)c4)cc32)c(OC)c1. The first kappa shape index (κ1) is 21.4. The molecule has 0 unspecified atom stereocenters. The zero-order valence-corrected chi connectivity index (χ0v) is 18.7. The number of rotatable bonds is 7. The number of hydrogen-bond donors (Lipinski definition) is 1. The van der Waals surface area contributed by atoms with Crippen LogP contribution in [0.1, 0.15) is 34.2 Å². The summed E-state index contributed by atoms with van der Waals surface area (Å²) in [7, 11) is 1.66. The Morgan fingerprint density at radius 1 is 1.06 bits per heavy atom. The van der Waals surface area contributed by atoms with Crippen molar-refractivity contribution >= 4 is 17.0 Å². The van der Waals surface area contributed by atoms with E-state index in [1.807, 2.05) is 45.0 Å². The predicted molar refractivity (Wildman–Crippen MR) is 125 cm³/mol. The molecule has 0 aliphatic carbocycles. The van der Waals surface area contributed by atoms with Crippen LogP contribution < -0.4 is 9.47 Å². The van der Waals surface area contributed by atoms with Crippen LogP contribution in [0, 0.1) is 13.8 Å². The molecular formula is C26H26N2O4. The Labute approximate surface area is 187 Å². The maximum atomic E-state index is 11.4. The zero-order valence-electron chi connectivity index (χ0n) is 18.7. The number of carbonyl (C=O) groups is 1. The number of nitrogens with zero attached hydrogens (tertiary/aromatic N) is 2. The molecule has 0 saturated carbocycles. The minimum absolute atomic E-state index is 0.268. The number of fused-ring (bicyclic) bond motifs is 1. The van der Waals surface area contributed by atoms with Gasteiger partial charge in [0.15, 0.2) is 0 Å². The summed E-state index contributed by atoms with van der Waals surface area (Å²) in [5.74, 6) is 1.50. The quantitative estimate of drug-likeness (QED) is 0.421. The minimum atomic E-state index is -0.937. The van der Waals surface area contributed by atoms with Crippen molar-refractivity contribution in [3.63, 3.8) is 0 Å². The van der Waals surface area contributed by atoms with Crippen LogP contribution in [-0.4, -0.2) is 34.3 Å². The third-order valence-electron chi connectivity index (χ3n) is 5.58. The van der Waals surface area contributed by atoms with Gasteiger partial charge in [-0.15, -0.1) is 0 Å². The molecule has 32 heavy (non-hydrogen) atoms. The number of hydrogen-bond acceptors (Lipinski definition) is 4. The van der Waals surface area contributed by atoms with Gasteiger partial charge in [-0.25, -0.2) is 9.78 Å². The molecule has 0 atom stereocenters. The van der Waals surface area contributed by atoms with Crippen LogP contribution in [0.5, 0.6) is 11.5 Å². The number of ether oxygens (including phenoxy) is 2. The molecule has 0 amide bonds. The molecule has 4 rings (SSSR count). The van der Waals surface area contributed by atoms with Gasteiger partial charge in [0.2, 0.25) is 0 Å². The Balaban J connectivity index is 1.80. The van der Waals surface area contributed by atoms with Gasteiger partial charge in [0.25, 0.3) is 0 Å². The molecule has 0 radical (unpaired) electrons. The van der Waals surface area contributed by atoms with Crippen LogP contribution in [0.2, 0.25) is 0 Å². The molecule has 4 aromatic rings. The van der Waals surface area contributed by atoms with Crippen molar-refractivity contribution in [2.75, 3.05) is 13.7 Å². The Kier molecular flexibility index (Phi) is 5.86. The molecular weight excluding hydrogens is 404 g/mol. The van der Waals surface area contributed by atoms with Crippen molar-refractivity contribution < 1.29 is 19.4 Å². The van der Waals surface area contributed by atoms with Crippen molar-refractivity contribution in [2.45, 2.75) is 27.3 Å². The number of benzene rings is 3. The van der Waals surface area contributed by atoms with E-state index in [2.05, 4.69) is 16.7 Å². The zero-order chi connectivity index (χ0) is 22.8. The molecule has 1 aromatic heterocycles. The third-order valence-corrected chi connectivity index (χ3v) is 5.58. The standard InChI is InChI=1S/C26H26N2O4/c1-5-32-22-10-9-20(24(14-22)31-4)15-28-17(3)27-25-16(2)11-21(13-23(25)28)18-7-6-8-19(12-18)26(29)30/h6-14H,5,15H2,1-4H3,(H,29,30). The van der Waals surface area contributed by atoms with Crippen LogP contribution >= 0.6 is 0 Å². The second-order valence-corrected chi connectivity index (χ2v) is 7.70. The molecule has 0 saturated heterocycles. The minimum Gasteiger partial charge on any atom is -0.496 e. The van der Waals surface area contributed by atoms with Crippen molar-refractivity contribution in [3.8, 4) is 22.6 Å². The van der Waals surface area contributed by atoms with Gasteiger partial charge in [-0.1, -0.05) is 12.1 Å². The number of carboxylic acids is 1. The molecule has 0 aliphatic heterocycles. The summed E-state index contributed by atoms with van der Waals surface area (Å²) in [6.07, 6.45) is 0. The number of aromatic carboxylic acids is 1. The van der Waals surface area contributed by atoms with Crippen LogP contribution in [0.25, 0.3) is 22.2 Å². The smallest absolute Gasteiger partial charge is 0.335 e. The summed E-state index contributed by atoms with van der Waals surface area (Å²) in [6, 6.07) is 17.0. The summed E-state index contributed by atoms with van der Waals surface area (Å²) in [5, 5.41) is 9.36. The van der Waals surface area contributed by atoms with Crippen LogP contribution in [0.3, 0.4) is 0 Å². The first-order valence-electron chi connectivity index (χ1n) is 10.5. The van der Waals surface area contributed by atoms with E-state index in [0.717, 1.165) is 50.6 Å². The van der Waals surface area contributed by atoms with E-state index in [0.29, 0.717) is 13.2 Å². The summed E-state index contributed by atoms with van der Waals surface area (Å²) < 4.78 is 13.4. The fraction of sp³-hybridized carbons (Fsp3) is 0.231. The Hall–Kier alpha value is -3.80. The molecule has 1 heterocycles. The van der Waals surface area contributed by atoms with E-state index in [9.17, 15) is 9.90 Å². The number of imidazole rings is 1. The van der Waals surface area contributed by atoms with E-state index >= 15 is 0 Å². The van der Waals surface area contributed by atoms with Gasteiger partial charge in [-0.2, -0.15) is 0 Å². The average molecular weight is 431 g/mol. The van der Waals surface area contributed by atoms with Gasteiger partial charge < -0.3 is 19.1 Å². The molecule has 0 aliphatic rings. The van der Waals surface area contributed by atoms with Gasteiger partial charge in [0.1, 0.15) is 17.3 Å². The molecule has 0 bridgehead atoms. The van der Waals surface area contributed by atoms with Crippen molar-refractivity contribution in [3.05, 3.63) is 77.1 Å². The summed E-state index contributed by atoms with van der Waals surface area (Å²) in [4.78, 5) is 16.2. The predicted octanol–water partition coefficient (Wildman–Crippen LogP) is 5.47. The van der Waals surface area contributed by atoms with Crippen molar-refractivity contribution in [2.24, 2.45) is 0 Å². The second kappa shape index (κ2) is 8.75. The van der Waals surface area contributed by atoms with Gasteiger partial charge in [-0.3, -0.25) is 0 Å².